The topological polar surface area (TPSA) is 49.8 Å². The summed E-state index contributed by atoms with van der Waals surface area (Å²) in [5.74, 6) is -0.360. The van der Waals surface area contributed by atoms with Gasteiger partial charge in [0.15, 0.2) is 0 Å². The number of piperidine rings is 1. The van der Waals surface area contributed by atoms with E-state index in [4.69, 9.17) is 4.74 Å². The van der Waals surface area contributed by atoms with Crippen molar-refractivity contribution in [3.63, 3.8) is 0 Å². The van der Waals surface area contributed by atoms with E-state index in [1.54, 1.807) is 29.4 Å². The predicted octanol–water partition coefficient (Wildman–Crippen LogP) is 3.77. The molecule has 1 N–H and O–H groups in total. The van der Waals surface area contributed by atoms with E-state index in [9.17, 15) is 14.3 Å². The molecule has 1 amide bonds. The molecule has 1 heterocycles. The fraction of sp³-hybridized carbons (Fsp3) is 0.588. The van der Waals surface area contributed by atoms with Crippen molar-refractivity contribution in [1.29, 1.82) is 0 Å². The number of thioether (sulfide) groups is 1. The minimum Gasteiger partial charge on any atom is -0.449 e. The van der Waals surface area contributed by atoms with Crippen LogP contribution in [-0.4, -0.2) is 42.1 Å². The second kappa shape index (κ2) is 8.02. The molecule has 0 radical (unpaired) electrons. The van der Waals surface area contributed by atoms with Gasteiger partial charge in [0, 0.05) is 23.5 Å². The average molecular weight is 341 g/mol. The van der Waals surface area contributed by atoms with Gasteiger partial charge in [0.1, 0.15) is 5.82 Å². The Labute approximate surface area is 141 Å². The third kappa shape index (κ3) is 4.18. The molecule has 0 aromatic heterocycles. The molecule has 0 aliphatic carbocycles. The number of benzene rings is 1. The van der Waals surface area contributed by atoms with Gasteiger partial charge in [-0.15, -0.1) is 11.8 Å². The molecule has 1 aromatic carbocycles. The summed E-state index contributed by atoms with van der Waals surface area (Å²) in [6, 6.07) is 5.09. The Morgan fingerprint density at radius 1 is 1.43 bits per heavy atom. The number of amides is 1. The van der Waals surface area contributed by atoms with Crippen LogP contribution in [-0.2, 0) is 10.3 Å². The fourth-order valence-electron chi connectivity index (χ4n) is 2.75. The number of hydrogen-bond acceptors (Lipinski definition) is 4. The first-order valence-corrected chi connectivity index (χ1v) is 9.21. The third-order valence-electron chi connectivity index (χ3n) is 4.26. The van der Waals surface area contributed by atoms with E-state index in [2.05, 4.69) is 0 Å². The van der Waals surface area contributed by atoms with Gasteiger partial charge in [0.25, 0.3) is 0 Å². The van der Waals surface area contributed by atoms with E-state index < -0.39 is 5.60 Å². The van der Waals surface area contributed by atoms with Crippen molar-refractivity contribution in [1.82, 2.24) is 4.90 Å². The van der Waals surface area contributed by atoms with Crippen LogP contribution < -0.4 is 0 Å². The summed E-state index contributed by atoms with van der Waals surface area (Å²) in [6.07, 6.45) is 3.89. The number of nitrogens with zero attached hydrogens (tertiary/aromatic N) is 1. The summed E-state index contributed by atoms with van der Waals surface area (Å²) in [6.45, 7) is 3.18. The normalized spacial score (nSPS) is 17.1. The Hall–Kier alpha value is -1.27. The molecular formula is C17H24FNO3S. The van der Waals surface area contributed by atoms with Gasteiger partial charge in [-0.3, -0.25) is 0 Å². The van der Waals surface area contributed by atoms with E-state index >= 15 is 0 Å². The van der Waals surface area contributed by atoms with Crippen molar-refractivity contribution in [2.24, 2.45) is 0 Å². The lowest BCUT2D eigenvalue weighted by Crippen LogP contribution is -2.45. The lowest BCUT2D eigenvalue weighted by Gasteiger charge is -2.38. The number of unbranched alkanes of at least 4 members (excludes halogenated alkanes) is 1. The largest absolute Gasteiger partial charge is 0.449 e. The molecule has 0 unspecified atom stereocenters. The van der Waals surface area contributed by atoms with Crippen LogP contribution in [0.4, 0.5) is 9.18 Å². The Morgan fingerprint density at radius 2 is 2.13 bits per heavy atom. The van der Waals surface area contributed by atoms with Crippen LogP contribution in [0.3, 0.4) is 0 Å². The summed E-state index contributed by atoms with van der Waals surface area (Å²) in [5.41, 5.74) is -0.904. The Balaban J connectivity index is 2.01. The minimum absolute atomic E-state index is 0.310. The highest BCUT2D eigenvalue weighted by molar-refractivity contribution is 7.98. The van der Waals surface area contributed by atoms with Crippen molar-refractivity contribution < 1.29 is 19.0 Å². The van der Waals surface area contributed by atoms with E-state index in [1.165, 1.54) is 11.8 Å². The smallest absolute Gasteiger partial charge is 0.409 e. The predicted molar refractivity (Wildman–Crippen MR) is 89.1 cm³/mol. The van der Waals surface area contributed by atoms with Crippen molar-refractivity contribution in [2.45, 2.75) is 43.1 Å². The highest BCUT2D eigenvalue weighted by atomic mass is 32.2. The highest BCUT2D eigenvalue weighted by Crippen LogP contribution is 2.36. The van der Waals surface area contributed by atoms with Gasteiger partial charge in [-0.05, 0) is 31.6 Å². The third-order valence-corrected chi connectivity index (χ3v) is 5.01. The van der Waals surface area contributed by atoms with Crippen molar-refractivity contribution in [3.8, 4) is 0 Å². The summed E-state index contributed by atoms with van der Waals surface area (Å²) in [5, 5.41) is 10.8. The van der Waals surface area contributed by atoms with Crippen molar-refractivity contribution in [3.05, 3.63) is 29.6 Å². The molecule has 1 aliphatic rings. The second-order valence-corrected chi connectivity index (χ2v) is 6.66. The molecule has 0 bridgehead atoms. The van der Waals surface area contributed by atoms with E-state index in [-0.39, 0.29) is 11.9 Å². The summed E-state index contributed by atoms with van der Waals surface area (Å²) >= 11 is 1.32. The Bertz CT molecular complexity index is 545. The second-order valence-electron chi connectivity index (χ2n) is 5.81. The monoisotopic (exact) mass is 341 g/mol. The molecule has 6 heteroatoms. The highest BCUT2D eigenvalue weighted by Gasteiger charge is 2.38. The number of carbonyl (C=O) groups is 1. The number of halogens is 1. The lowest BCUT2D eigenvalue weighted by molar-refractivity contribution is -0.0275. The standard InChI is InChI=1S/C17H24FNO3S/c1-3-4-12-22-16(20)19-10-8-17(21,9-11-19)13-6-5-7-14(23-2)15(13)18/h5-7,21H,3-4,8-12H2,1-2H3. The fourth-order valence-corrected chi connectivity index (χ4v) is 3.26. The Morgan fingerprint density at radius 3 is 2.74 bits per heavy atom. The van der Waals surface area contributed by atoms with Gasteiger partial charge in [-0.1, -0.05) is 25.5 Å². The maximum absolute atomic E-state index is 14.5. The summed E-state index contributed by atoms with van der Waals surface area (Å²) in [4.78, 5) is 14.0. The molecule has 1 aromatic rings. The molecule has 1 fully saturated rings. The molecule has 0 spiro atoms. The first-order chi connectivity index (χ1) is 11.0. The number of likely N-dealkylation sites (tertiary alicyclic amines) is 1. The van der Waals surface area contributed by atoms with E-state index in [1.807, 2.05) is 6.92 Å². The van der Waals surface area contributed by atoms with Crippen molar-refractivity contribution in [2.75, 3.05) is 26.0 Å². The maximum Gasteiger partial charge on any atom is 0.409 e. The molecular weight excluding hydrogens is 317 g/mol. The van der Waals surface area contributed by atoms with Crippen LogP contribution in [0.15, 0.2) is 23.1 Å². The van der Waals surface area contributed by atoms with Gasteiger partial charge >= 0.3 is 6.09 Å². The Kier molecular flexibility index (Phi) is 6.30. The molecule has 0 saturated carbocycles. The average Bonchev–Trinajstić information content (AvgIpc) is 2.55. The van der Waals surface area contributed by atoms with Crippen LogP contribution in [0.2, 0.25) is 0 Å². The van der Waals surface area contributed by atoms with Crippen LogP contribution in [0, 0.1) is 5.82 Å². The van der Waals surface area contributed by atoms with Gasteiger partial charge in [0.05, 0.1) is 12.2 Å². The van der Waals surface area contributed by atoms with Crippen molar-refractivity contribution >= 4 is 17.9 Å². The zero-order chi connectivity index (χ0) is 16.9. The lowest BCUT2D eigenvalue weighted by atomic mass is 9.84. The molecule has 0 atom stereocenters. The van der Waals surface area contributed by atoms with Crippen LogP contribution in [0.25, 0.3) is 0 Å². The van der Waals surface area contributed by atoms with Gasteiger partial charge < -0.3 is 14.7 Å². The zero-order valence-electron chi connectivity index (χ0n) is 13.7. The van der Waals surface area contributed by atoms with Crippen LogP contribution in [0.1, 0.15) is 38.2 Å². The number of aliphatic hydroxyl groups is 1. The number of rotatable bonds is 5. The van der Waals surface area contributed by atoms with E-state index in [0.29, 0.717) is 43.0 Å². The maximum atomic E-state index is 14.5. The quantitative estimate of drug-likeness (QED) is 0.654. The number of ether oxygens (including phenoxy) is 1. The zero-order valence-corrected chi connectivity index (χ0v) is 14.5. The molecule has 128 valence electrons. The molecule has 4 nitrogen and oxygen atoms in total. The van der Waals surface area contributed by atoms with Crippen LogP contribution in [0.5, 0.6) is 0 Å². The SMILES string of the molecule is CCCCOC(=O)N1CCC(O)(c2cccc(SC)c2F)CC1. The van der Waals surface area contributed by atoms with Crippen LogP contribution >= 0.6 is 11.8 Å². The minimum atomic E-state index is -1.23. The molecule has 2 rings (SSSR count). The van der Waals surface area contributed by atoms with E-state index in [0.717, 1.165) is 12.8 Å². The number of carbonyl (C=O) groups excluding carboxylic acids is 1. The molecule has 23 heavy (non-hydrogen) atoms. The molecule has 1 aliphatic heterocycles. The molecule has 1 saturated heterocycles. The number of hydrogen-bond donors (Lipinski definition) is 1. The first-order valence-electron chi connectivity index (χ1n) is 7.99. The first kappa shape index (κ1) is 18.1. The summed E-state index contributed by atoms with van der Waals surface area (Å²) in [7, 11) is 0. The van der Waals surface area contributed by atoms with Gasteiger partial charge in [-0.2, -0.15) is 0 Å². The van der Waals surface area contributed by atoms with Gasteiger partial charge in [-0.25, -0.2) is 9.18 Å². The summed E-state index contributed by atoms with van der Waals surface area (Å²) < 4.78 is 19.7. The van der Waals surface area contributed by atoms with Gasteiger partial charge in [0.2, 0.25) is 0 Å².